The van der Waals surface area contributed by atoms with Crippen molar-refractivity contribution in [1.82, 2.24) is 14.8 Å². The van der Waals surface area contributed by atoms with E-state index in [1.165, 1.54) is 0 Å². The summed E-state index contributed by atoms with van der Waals surface area (Å²) >= 11 is 0. The highest BCUT2D eigenvalue weighted by atomic mass is 16.5. The van der Waals surface area contributed by atoms with Crippen LogP contribution >= 0.6 is 0 Å². The van der Waals surface area contributed by atoms with Gasteiger partial charge in [-0.3, -0.25) is 14.5 Å². The number of ketones is 1. The van der Waals surface area contributed by atoms with Gasteiger partial charge in [0, 0.05) is 48.7 Å². The van der Waals surface area contributed by atoms with Crippen LogP contribution in [-0.2, 0) is 0 Å². The molecule has 0 aliphatic carbocycles. The molecule has 0 atom stereocenters. The third-order valence-electron chi connectivity index (χ3n) is 5.11. The van der Waals surface area contributed by atoms with Crippen LogP contribution in [0.3, 0.4) is 0 Å². The summed E-state index contributed by atoms with van der Waals surface area (Å²) in [5, 5.41) is 0. The van der Waals surface area contributed by atoms with Crippen molar-refractivity contribution in [3.05, 3.63) is 46.8 Å². The predicted molar refractivity (Wildman–Crippen MR) is 106 cm³/mol. The minimum Gasteiger partial charge on any atom is -0.493 e. The third-order valence-corrected chi connectivity index (χ3v) is 5.11. The normalized spacial score (nSPS) is 14.8. The van der Waals surface area contributed by atoms with E-state index < -0.39 is 0 Å². The van der Waals surface area contributed by atoms with Crippen LogP contribution in [0, 0.1) is 13.8 Å². The summed E-state index contributed by atoms with van der Waals surface area (Å²) in [4.78, 5) is 32.4. The van der Waals surface area contributed by atoms with Gasteiger partial charge in [-0.15, -0.1) is 0 Å². The van der Waals surface area contributed by atoms with Gasteiger partial charge in [0.15, 0.2) is 17.3 Å². The Kier molecular flexibility index (Phi) is 6.04. The van der Waals surface area contributed by atoms with Gasteiger partial charge >= 0.3 is 0 Å². The van der Waals surface area contributed by atoms with Crippen molar-refractivity contribution in [2.24, 2.45) is 0 Å². The van der Waals surface area contributed by atoms with Crippen molar-refractivity contribution in [2.45, 2.75) is 13.8 Å². The summed E-state index contributed by atoms with van der Waals surface area (Å²) in [6.07, 6.45) is 0. The molecule has 1 fully saturated rings. The molecule has 0 bridgehead atoms. The number of aromatic nitrogens is 1. The number of benzene rings is 1. The van der Waals surface area contributed by atoms with E-state index in [2.05, 4.69) is 9.88 Å². The fourth-order valence-electron chi connectivity index (χ4n) is 3.56. The minimum atomic E-state index is -0.0379. The fraction of sp³-hybridized carbons (Fsp3) is 0.429. The summed E-state index contributed by atoms with van der Waals surface area (Å²) in [7, 11) is 3.12. The maximum Gasteiger partial charge on any atom is 0.254 e. The Balaban J connectivity index is 1.58. The highest BCUT2D eigenvalue weighted by Crippen LogP contribution is 2.28. The Morgan fingerprint density at radius 1 is 1.00 bits per heavy atom. The second-order valence-corrected chi connectivity index (χ2v) is 7.05. The van der Waals surface area contributed by atoms with Crippen molar-refractivity contribution in [1.29, 1.82) is 0 Å². The van der Waals surface area contributed by atoms with Crippen molar-refractivity contribution in [2.75, 3.05) is 46.9 Å². The summed E-state index contributed by atoms with van der Waals surface area (Å²) in [5.74, 6) is 1.21. The Morgan fingerprint density at radius 2 is 1.68 bits per heavy atom. The van der Waals surface area contributed by atoms with Crippen LogP contribution in [0.5, 0.6) is 11.5 Å². The van der Waals surface area contributed by atoms with E-state index in [1.54, 1.807) is 32.4 Å². The Morgan fingerprint density at radius 3 is 2.25 bits per heavy atom. The molecule has 2 heterocycles. The van der Waals surface area contributed by atoms with E-state index in [9.17, 15) is 9.59 Å². The summed E-state index contributed by atoms with van der Waals surface area (Å²) < 4.78 is 10.5. The van der Waals surface area contributed by atoms with Crippen LogP contribution in [0.2, 0.25) is 0 Å². The molecule has 0 saturated carbocycles. The average Bonchev–Trinajstić information content (AvgIpc) is 3.05. The van der Waals surface area contributed by atoms with Gasteiger partial charge in [-0.05, 0) is 38.1 Å². The predicted octanol–water partition coefficient (Wildman–Crippen LogP) is 2.29. The third kappa shape index (κ3) is 4.20. The molecular formula is C21H27N3O4. The van der Waals surface area contributed by atoms with E-state index in [1.807, 2.05) is 24.8 Å². The number of piperazine rings is 1. The number of carbonyl (C=O) groups excluding carboxylic acids is 2. The van der Waals surface area contributed by atoms with E-state index in [-0.39, 0.29) is 11.7 Å². The van der Waals surface area contributed by atoms with E-state index in [4.69, 9.17) is 9.47 Å². The van der Waals surface area contributed by atoms with Crippen LogP contribution in [0.1, 0.15) is 32.1 Å². The van der Waals surface area contributed by atoms with Gasteiger partial charge in [0.05, 0.1) is 20.8 Å². The summed E-state index contributed by atoms with van der Waals surface area (Å²) in [5.41, 5.74) is 3.22. The lowest BCUT2D eigenvalue weighted by Crippen LogP contribution is -2.49. The smallest absolute Gasteiger partial charge is 0.254 e. The Bertz CT molecular complexity index is 867. The molecule has 3 rings (SSSR count). The van der Waals surface area contributed by atoms with Crippen LogP contribution in [0.25, 0.3) is 0 Å². The van der Waals surface area contributed by atoms with Crippen LogP contribution in [0.15, 0.2) is 24.3 Å². The standard InChI is InChI=1S/C21H27N3O4/c1-14-11-17(15(2)22-14)18(25)13-23-7-9-24(10-8-23)21(26)16-5-6-19(27-3)20(12-16)28-4/h5-6,11-12,22H,7-10,13H2,1-4H3. The molecule has 0 spiro atoms. The van der Waals surface area contributed by atoms with Crippen LogP contribution < -0.4 is 9.47 Å². The molecule has 1 saturated heterocycles. The molecule has 1 aliphatic rings. The van der Waals surface area contributed by atoms with E-state index >= 15 is 0 Å². The molecule has 1 aromatic heterocycles. The minimum absolute atomic E-state index is 0.0379. The number of amides is 1. The first kappa shape index (κ1) is 19.9. The SMILES string of the molecule is COc1ccc(C(=O)N2CCN(CC(=O)c3cc(C)[nH]c3C)CC2)cc1OC. The van der Waals surface area contributed by atoms with Gasteiger partial charge in [-0.2, -0.15) is 0 Å². The largest absolute Gasteiger partial charge is 0.493 e. The number of Topliss-reactive ketones (excluding diaryl/α,β-unsaturated/α-hetero) is 1. The maximum absolute atomic E-state index is 12.8. The second-order valence-electron chi connectivity index (χ2n) is 7.05. The lowest BCUT2D eigenvalue weighted by atomic mass is 10.1. The highest BCUT2D eigenvalue weighted by molar-refractivity contribution is 5.99. The number of H-pyrrole nitrogens is 1. The molecule has 0 radical (unpaired) electrons. The topological polar surface area (TPSA) is 74.9 Å². The number of methoxy groups -OCH3 is 2. The summed E-state index contributed by atoms with van der Waals surface area (Å²) in [6.45, 7) is 6.76. The number of aromatic amines is 1. The molecule has 1 N–H and O–H groups in total. The van der Waals surface area contributed by atoms with Gasteiger partial charge in [0.1, 0.15) is 0 Å². The average molecular weight is 385 g/mol. The molecule has 28 heavy (non-hydrogen) atoms. The van der Waals surface area contributed by atoms with Gasteiger partial charge in [-0.25, -0.2) is 0 Å². The first-order valence-electron chi connectivity index (χ1n) is 9.36. The lowest BCUT2D eigenvalue weighted by molar-refractivity contribution is 0.0624. The molecular weight excluding hydrogens is 358 g/mol. The molecule has 1 amide bonds. The summed E-state index contributed by atoms with van der Waals surface area (Å²) in [6, 6.07) is 7.08. The number of nitrogens with one attached hydrogen (secondary N) is 1. The zero-order valence-corrected chi connectivity index (χ0v) is 16.9. The van der Waals surface area contributed by atoms with Gasteiger partial charge < -0.3 is 19.4 Å². The van der Waals surface area contributed by atoms with Crippen molar-refractivity contribution in [3.8, 4) is 11.5 Å². The number of aryl methyl sites for hydroxylation is 2. The van der Waals surface area contributed by atoms with Gasteiger partial charge in [0.25, 0.3) is 5.91 Å². The van der Waals surface area contributed by atoms with Crippen molar-refractivity contribution < 1.29 is 19.1 Å². The zero-order chi connectivity index (χ0) is 20.3. The number of hydrogen-bond acceptors (Lipinski definition) is 5. The number of hydrogen-bond donors (Lipinski definition) is 1. The fourth-order valence-corrected chi connectivity index (χ4v) is 3.56. The zero-order valence-electron chi connectivity index (χ0n) is 16.9. The quantitative estimate of drug-likeness (QED) is 0.773. The molecule has 1 aliphatic heterocycles. The van der Waals surface area contributed by atoms with Crippen LogP contribution in [-0.4, -0.2) is 73.4 Å². The number of nitrogens with zero attached hydrogens (tertiary/aromatic N) is 2. The molecule has 150 valence electrons. The van der Waals surface area contributed by atoms with Crippen molar-refractivity contribution in [3.63, 3.8) is 0 Å². The Labute approximate surface area is 165 Å². The molecule has 7 heteroatoms. The van der Waals surface area contributed by atoms with Crippen molar-refractivity contribution >= 4 is 11.7 Å². The first-order valence-corrected chi connectivity index (χ1v) is 9.36. The Hall–Kier alpha value is -2.80. The van der Waals surface area contributed by atoms with Crippen LogP contribution in [0.4, 0.5) is 0 Å². The lowest BCUT2D eigenvalue weighted by Gasteiger charge is -2.34. The van der Waals surface area contributed by atoms with E-state index in [0.717, 1.165) is 17.0 Å². The van der Waals surface area contributed by atoms with Gasteiger partial charge in [-0.1, -0.05) is 0 Å². The number of rotatable bonds is 6. The second kappa shape index (κ2) is 8.48. The monoisotopic (exact) mass is 385 g/mol. The molecule has 7 nitrogen and oxygen atoms in total. The molecule has 0 unspecified atom stereocenters. The number of ether oxygens (including phenoxy) is 2. The first-order chi connectivity index (χ1) is 13.4. The highest BCUT2D eigenvalue weighted by Gasteiger charge is 2.25. The van der Waals surface area contributed by atoms with E-state index in [0.29, 0.717) is 49.8 Å². The van der Waals surface area contributed by atoms with Gasteiger partial charge in [0.2, 0.25) is 0 Å². The molecule has 1 aromatic carbocycles. The molecule has 2 aromatic rings. The maximum atomic E-state index is 12.8. The number of carbonyl (C=O) groups is 2.